The Morgan fingerprint density at radius 3 is 2.39 bits per heavy atom. The number of carbonyl (C=O) groups is 1. The van der Waals surface area contributed by atoms with E-state index in [0.29, 0.717) is 21.9 Å². The molecule has 0 bridgehead atoms. The van der Waals surface area contributed by atoms with Gasteiger partial charge in [-0.3, -0.25) is 9.59 Å². The smallest absolute Gasteiger partial charge is 0.302 e. The highest BCUT2D eigenvalue weighted by Crippen LogP contribution is 2.33. The highest BCUT2D eigenvalue weighted by molar-refractivity contribution is 5.98. The van der Waals surface area contributed by atoms with Gasteiger partial charge in [0.25, 0.3) is 0 Å². The number of carbonyl (C=O) groups excluding carboxylic acids is 1. The van der Waals surface area contributed by atoms with E-state index >= 15 is 0 Å². The van der Waals surface area contributed by atoms with Crippen molar-refractivity contribution in [1.29, 1.82) is 0 Å². The Kier molecular flexibility index (Phi) is 4.47. The number of ether oxygens (including phenoxy) is 1. The molecule has 4 nitrogen and oxygen atoms in total. The number of esters is 1. The first-order valence-electron chi connectivity index (χ1n) is 9.14. The van der Waals surface area contributed by atoms with E-state index in [9.17, 15) is 9.59 Å². The molecule has 4 rings (SSSR count). The molecule has 1 heterocycles. The quantitative estimate of drug-likeness (QED) is 0.362. The fraction of sp³-hybridized carbons (Fsp3) is 0.167. The fourth-order valence-electron chi connectivity index (χ4n) is 3.47. The minimum Gasteiger partial charge on any atom is -0.461 e. The van der Waals surface area contributed by atoms with Crippen LogP contribution in [-0.4, -0.2) is 5.97 Å². The van der Waals surface area contributed by atoms with E-state index < -0.39 is 0 Å². The summed E-state index contributed by atoms with van der Waals surface area (Å²) in [5, 5.41) is 1.12. The number of hydrogen-bond acceptors (Lipinski definition) is 4. The SMILES string of the molecule is CC(=O)OCc1ccccc1-c1cccc2c(=O)c3ccc(C)c(C)c3oc12. The maximum absolute atomic E-state index is 13.1. The Morgan fingerprint density at radius 2 is 1.61 bits per heavy atom. The van der Waals surface area contributed by atoms with Crippen LogP contribution in [0.4, 0.5) is 0 Å². The van der Waals surface area contributed by atoms with E-state index in [2.05, 4.69) is 0 Å². The number of aryl methyl sites for hydroxylation is 2. The van der Waals surface area contributed by atoms with Crippen molar-refractivity contribution < 1.29 is 13.9 Å². The molecule has 0 spiro atoms. The van der Waals surface area contributed by atoms with E-state index in [1.807, 2.05) is 62.4 Å². The van der Waals surface area contributed by atoms with Gasteiger partial charge < -0.3 is 9.15 Å². The summed E-state index contributed by atoms with van der Waals surface area (Å²) in [7, 11) is 0. The average Bonchev–Trinajstić information content (AvgIpc) is 2.69. The minimum absolute atomic E-state index is 0.0429. The van der Waals surface area contributed by atoms with Crippen LogP contribution in [0.25, 0.3) is 33.1 Å². The summed E-state index contributed by atoms with van der Waals surface area (Å²) in [6.07, 6.45) is 0. The third-order valence-corrected chi connectivity index (χ3v) is 5.12. The van der Waals surface area contributed by atoms with Gasteiger partial charge in [-0.05, 0) is 48.2 Å². The van der Waals surface area contributed by atoms with Crippen LogP contribution in [-0.2, 0) is 16.1 Å². The summed E-state index contributed by atoms with van der Waals surface area (Å²) in [5.74, 6) is -0.337. The van der Waals surface area contributed by atoms with Gasteiger partial charge in [-0.2, -0.15) is 0 Å². The van der Waals surface area contributed by atoms with Crippen molar-refractivity contribution >= 4 is 27.9 Å². The van der Waals surface area contributed by atoms with Crippen molar-refractivity contribution in [2.75, 3.05) is 0 Å². The Hall–Kier alpha value is -3.40. The van der Waals surface area contributed by atoms with Gasteiger partial charge in [0.2, 0.25) is 5.43 Å². The Balaban J connectivity index is 2.03. The molecule has 0 amide bonds. The van der Waals surface area contributed by atoms with Crippen molar-refractivity contribution in [3.05, 3.63) is 81.5 Å². The number of para-hydroxylation sites is 1. The molecule has 4 heteroatoms. The van der Waals surface area contributed by atoms with Gasteiger partial charge in [0.1, 0.15) is 17.8 Å². The molecule has 1 aromatic heterocycles. The van der Waals surface area contributed by atoms with Crippen LogP contribution in [0, 0.1) is 13.8 Å². The molecule has 3 aromatic carbocycles. The summed E-state index contributed by atoms with van der Waals surface area (Å²) in [4.78, 5) is 24.4. The lowest BCUT2D eigenvalue weighted by atomic mass is 9.97. The maximum atomic E-state index is 13.1. The van der Waals surface area contributed by atoms with Crippen LogP contribution in [0.1, 0.15) is 23.6 Å². The van der Waals surface area contributed by atoms with Crippen LogP contribution in [0.3, 0.4) is 0 Å². The molecule has 0 aliphatic rings. The molecular formula is C24H20O4. The first-order valence-corrected chi connectivity index (χ1v) is 9.14. The standard InChI is InChI=1S/C24H20O4/c1-14-11-12-21-22(26)20-10-6-9-19(24(20)28-23(21)15(14)2)18-8-5-4-7-17(18)13-27-16(3)25/h4-12H,13H2,1-3H3. The van der Waals surface area contributed by atoms with Gasteiger partial charge in [-0.1, -0.05) is 42.5 Å². The summed E-state index contributed by atoms with van der Waals surface area (Å²) in [6, 6.07) is 17.0. The Bertz CT molecular complexity index is 1280. The molecule has 28 heavy (non-hydrogen) atoms. The topological polar surface area (TPSA) is 56.5 Å². The first kappa shape index (κ1) is 18.0. The van der Waals surface area contributed by atoms with E-state index in [0.717, 1.165) is 27.8 Å². The fourth-order valence-corrected chi connectivity index (χ4v) is 3.47. The molecule has 0 aliphatic carbocycles. The second-order valence-electron chi connectivity index (χ2n) is 6.93. The van der Waals surface area contributed by atoms with Gasteiger partial charge in [0.15, 0.2) is 0 Å². The summed E-state index contributed by atoms with van der Waals surface area (Å²) >= 11 is 0. The zero-order valence-electron chi connectivity index (χ0n) is 16.0. The lowest BCUT2D eigenvalue weighted by Gasteiger charge is -2.13. The van der Waals surface area contributed by atoms with E-state index in [4.69, 9.17) is 9.15 Å². The molecule has 140 valence electrons. The third-order valence-electron chi connectivity index (χ3n) is 5.12. The van der Waals surface area contributed by atoms with Crippen molar-refractivity contribution in [3.8, 4) is 11.1 Å². The van der Waals surface area contributed by atoms with Gasteiger partial charge in [0, 0.05) is 12.5 Å². The summed E-state index contributed by atoms with van der Waals surface area (Å²) in [6.45, 7) is 5.51. The van der Waals surface area contributed by atoms with Crippen molar-refractivity contribution in [2.24, 2.45) is 0 Å². The number of rotatable bonds is 3. The lowest BCUT2D eigenvalue weighted by Crippen LogP contribution is -2.05. The zero-order valence-corrected chi connectivity index (χ0v) is 16.0. The summed E-state index contributed by atoms with van der Waals surface area (Å²) in [5.41, 5.74) is 5.68. The summed E-state index contributed by atoms with van der Waals surface area (Å²) < 4.78 is 11.5. The van der Waals surface area contributed by atoms with Crippen LogP contribution in [0.5, 0.6) is 0 Å². The van der Waals surface area contributed by atoms with E-state index in [1.54, 1.807) is 6.07 Å². The maximum Gasteiger partial charge on any atom is 0.302 e. The first-order chi connectivity index (χ1) is 13.5. The Labute approximate surface area is 162 Å². The normalized spacial score (nSPS) is 11.1. The van der Waals surface area contributed by atoms with Crippen molar-refractivity contribution in [2.45, 2.75) is 27.4 Å². The highest BCUT2D eigenvalue weighted by Gasteiger charge is 2.16. The molecule has 0 radical (unpaired) electrons. The molecule has 0 unspecified atom stereocenters. The molecule has 0 saturated heterocycles. The average molecular weight is 372 g/mol. The van der Waals surface area contributed by atoms with Gasteiger partial charge >= 0.3 is 5.97 Å². The monoisotopic (exact) mass is 372 g/mol. The van der Waals surface area contributed by atoms with Crippen LogP contribution in [0.2, 0.25) is 0 Å². The van der Waals surface area contributed by atoms with Gasteiger partial charge in [-0.15, -0.1) is 0 Å². The van der Waals surface area contributed by atoms with Crippen LogP contribution in [0.15, 0.2) is 63.8 Å². The molecule has 0 saturated carbocycles. The van der Waals surface area contributed by atoms with Crippen molar-refractivity contribution in [3.63, 3.8) is 0 Å². The molecule has 0 aliphatic heterocycles. The lowest BCUT2D eigenvalue weighted by molar-refractivity contribution is -0.142. The predicted octanol–water partition coefficient (Wildman–Crippen LogP) is 5.29. The minimum atomic E-state index is -0.337. The molecule has 0 atom stereocenters. The van der Waals surface area contributed by atoms with Crippen molar-refractivity contribution in [1.82, 2.24) is 0 Å². The predicted molar refractivity (Wildman–Crippen MR) is 110 cm³/mol. The van der Waals surface area contributed by atoms with E-state index in [-0.39, 0.29) is 18.0 Å². The molecular weight excluding hydrogens is 352 g/mol. The van der Waals surface area contributed by atoms with Crippen LogP contribution < -0.4 is 5.43 Å². The molecule has 4 aromatic rings. The number of hydrogen-bond donors (Lipinski definition) is 0. The molecule has 0 fully saturated rings. The van der Waals surface area contributed by atoms with Gasteiger partial charge in [0.05, 0.1) is 10.8 Å². The van der Waals surface area contributed by atoms with Crippen LogP contribution >= 0.6 is 0 Å². The number of benzene rings is 3. The second kappa shape index (κ2) is 6.97. The largest absolute Gasteiger partial charge is 0.461 e. The highest BCUT2D eigenvalue weighted by atomic mass is 16.5. The Morgan fingerprint density at radius 1 is 0.893 bits per heavy atom. The van der Waals surface area contributed by atoms with Gasteiger partial charge in [-0.25, -0.2) is 0 Å². The van der Waals surface area contributed by atoms with E-state index in [1.165, 1.54) is 6.92 Å². The molecule has 0 N–H and O–H groups in total. The number of fused-ring (bicyclic) bond motifs is 2. The second-order valence-corrected chi connectivity index (χ2v) is 6.93. The third kappa shape index (κ3) is 2.97. The zero-order chi connectivity index (χ0) is 19.8.